The van der Waals surface area contributed by atoms with Gasteiger partial charge in [-0.15, -0.1) is 11.3 Å². The molecule has 0 fully saturated rings. The summed E-state index contributed by atoms with van der Waals surface area (Å²) < 4.78 is 30.0. The average molecular weight is 461 g/mol. The number of thiophene rings is 1. The largest absolute Gasteiger partial charge is 0.434 e. The number of carbonyl (C=O) groups is 1. The minimum Gasteiger partial charge on any atom is -0.434 e. The van der Waals surface area contributed by atoms with E-state index in [9.17, 15) is 13.6 Å². The molecule has 0 spiro atoms. The zero-order valence-electron chi connectivity index (χ0n) is 16.4. The van der Waals surface area contributed by atoms with Crippen LogP contribution in [0, 0.1) is 0 Å². The van der Waals surface area contributed by atoms with E-state index < -0.39 is 6.61 Å². The quantitative estimate of drug-likeness (QED) is 0.407. The van der Waals surface area contributed by atoms with E-state index in [1.54, 1.807) is 42.5 Å². The van der Waals surface area contributed by atoms with Crippen LogP contribution in [0.15, 0.2) is 53.5 Å². The molecule has 0 unspecified atom stereocenters. The molecule has 4 nitrogen and oxygen atoms in total. The van der Waals surface area contributed by atoms with Crippen molar-refractivity contribution < 1.29 is 18.3 Å². The maximum Gasteiger partial charge on any atom is 0.387 e. The standard InChI is InChI=1S/C23H19ClF2N2O2S/c24-15-9-11-16(12-10-15)28-21(29)20-17-6-2-4-8-19(17)31-22(20)27-13-14-5-1-3-7-18(14)30-23(25)26/h1,3,5,7,9-13,23H,2,4,6,8H2,(H,28,29). The first-order chi connectivity index (χ1) is 15.0. The number of benzene rings is 2. The van der Waals surface area contributed by atoms with Crippen LogP contribution in [0.4, 0.5) is 19.5 Å². The molecule has 1 aliphatic carbocycles. The molecule has 1 heterocycles. The normalized spacial score (nSPS) is 13.4. The number of hydrogen-bond donors (Lipinski definition) is 1. The van der Waals surface area contributed by atoms with Gasteiger partial charge in [-0.25, -0.2) is 4.99 Å². The fraction of sp³-hybridized carbons (Fsp3) is 0.217. The molecule has 3 aromatic rings. The van der Waals surface area contributed by atoms with Gasteiger partial charge in [0.2, 0.25) is 0 Å². The number of nitrogens with one attached hydrogen (secondary N) is 1. The van der Waals surface area contributed by atoms with E-state index in [2.05, 4.69) is 15.0 Å². The summed E-state index contributed by atoms with van der Waals surface area (Å²) in [6, 6.07) is 13.3. The maximum absolute atomic E-state index is 13.1. The SMILES string of the molecule is O=C(Nc1ccc(Cl)cc1)c1c(N=Cc2ccccc2OC(F)F)sc2c1CCCC2. The van der Waals surface area contributed by atoms with Crippen molar-refractivity contribution in [3.8, 4) is 5.75 Å². The van der Waals surface area contributed by atoms with Crippen molar-refractivity contribution in [2.24, 2.45) is 4.99 Å². The molecule has 0 atom stereocenters. The Morgan fingerprint density at radius 1 is 1.13 bits per heavy atom. The van der Waals surface area contributed by atoms with Crippen LogP contribution in [-0.4, -0.2) is 18.7 Å². The van der Waals surface area contributed by atoms with E-state index in [0.29, 0.717) is 26.8 Å². The number of amides is 1. The van der Waals surface area contributed by atoms with Crippen molar-refractivity contribution in [3.63, 3.8) is 0 Å². The van der Waals surface area contributed by atoms with Gasteiger partial charge in [0.25, 0.3) is 5.91 Å². The summed E-state index contributed by atoms with van der Waals surface area (Å²) in [5, 5.41) is 4.05. The number of fused-ring (bicyclic) bond motifs is 1. The highest BCUT2D eigenvalue weighted by Crippen LogP contribution is 2.40. The third kappa shape index (κ3) is 5.11. The number of aryl methyl sites for hydroxylation is 1. The first kappa shape index (κ1) is 21.5. The van der Waals surface area contributed by atoms with E-state index in [4.69, 9.17) is 11.6 Å². The van der Waals surface area contributed by atoms with E-state index in [1.165, 1.54) is 23.6 Å². The molecule has 4 rings (SSSR count). The number of aliphatic imine (C=N–C) groups is 1. The van der Waals surface area contributed by atoms with E-state index in [1.807, 2.05) is 0 Å². The van der Waals surface area contributed by atoms with E-state index in [-0.39, 0.29) is 11.7 Å². The van der Waals surface area contributed by atoms with E-state index >= 15 is 0 Å². The Morgan fingerprint density at radius 3 is 2.65 bits per heavy atom. The Kier molecular flexibility index (Phi) is 6.63. The Morgan fingerprint density at radius 2 is 1.87 bits per heavy atom. The number of nitrogens with zero attached hydrogens (tertiary/aromatic N) is 1. The number of anilines is 1. The summed E-state index contributed by atoms with van der Waals surface area (Å²) in [6.07, 6.45) is 5.27. The molecule has 160 valence electrons. The lowest BCUT2D eigenvalue weighted by Crippen LogP contribution is -2.14. The van der Waals surface area contributed by atoms with Gasteiger partial charge in [0.1, 0.15) is 10.8 Å². The van der Waals surface area contributed by atoms with Crippen molar-refractivity contribution in [3.05, 3.63) is 75.1 Å². The highest BCUT2D eigenvalue weighted by molar-refractivity contribution is 7.16. The molecule has 1 aromatic heterocycles. The predicted molar refractivity (Wildman–Crippen MR) is 121 cm³/mol. The van der Waals surface area contributed by atoms with Crippen LogP contribution in [0.3, 0.4) is 0 Å². The summed E-state index contributed by atoms with van der Waals surface area (Å²) in [5.41, 5.74) is 2.61. The minimum atomic E-state index is -2.93. The van der Waals surface area contributed by atoms with Crippen LogP contribution < -0.4 is 10.1 Å². The lowest BCUT2D eigenvalue weighted by molar-refractivity contribution is -0.0499. The minimum absolute atomic E-state index is 0.0368. The Bertz CT molecular complexity index is 1110. The third-order valence-electron chi connectivity index (χ3n) is 4.94. The summed E-state index contributed by atoms with van der Waals surface area (Å²) in [5.74, 6) is -0.208. The van der Waals surface area contributed by atoms with Gasteiger partial charge in [0.05, 0.1) is 5.56 Å². The van der Waals surface area contributed by atoms with Crippen LogP contribution in [0.2, 0.25) is 5.02 Å². The number of alkyl halides is 2. The molecule has 1 amide bonds. The van der Waals surface area contributed by atoms with Gasteiger partial charge in [-0.05, 0) is 67.6 Å². The van der Waals surface area contributed by atoms with Crippen LogP contribution in [0.25, 0.3) is 0 Å². The van der Waals surface area contributed by atoms with Crippen molar-refractivity contribution >= 4 is 45.7 Å². The monoisotopic (exact) mass is 460 g/mol. The number of ether oxygens (including phenoxy) is 1. The Hall–Kier alpha value is -2.77. The lowest BCUT2D eigenvalue weighted by Gasteiger charge is -2.13. The first-order valence-electron chi connectivity index (χ1n) is 9.80. The molecule has 1 aliphatic rings. The van der Waals surface area contributed by atoms with Crippen LogP contribution in [0.5, 0.6) is 5.75 Å². The van der Waals surface area contributed by atoms with Crippen molar-refractivity contribution in [2.75, 3.05) is 5.32 Å². The van der Waals surface area contributed by atoms with Gasteiger partial charge >= 0.3 is 6.61 Å². The molecule has 31 heavy (non-hydrogen) atoms. The zero-order valence-corrected chi connectivity index (χ0v) is 18.0. The highest BCUT2D eigenvalue weighted by Gasteiger charge is 2.25. The second-order valence-corrected chi connectivity index (χ2v) is 8.55. The molecule has 2 aromatic carbocycles. The number of halogens is 3. The highest BCUT2D eigenvalue weighted by atomic mass is 35.5. The molecule has 0 radical (unpaired) electrons. The number of carbonyl (C=O) groups excluding carboxylic acids is 1. The van der Waals surface area contributed by atoms with Gasteiger partial charge in [-0.3, -0.25) is 4.79 Å². The lowest BCUT2D eigenvalue weighted by atomic mass is 9.95. The first-order valence-corrected chi connectivity index (χ1v) is 11.0. The van der Waals surface area contributed by atoms with Crippen molar-refractivity contribution in [1.82, 2.24) is 0 Å². The fourth-order valence-corrected chi connectivity index (χ4v) is 4.88. The molecule has 1 N–H and O–H groups in total. The molecule has 0 saturated carbocycles. The van der Waals surface area contributed by atoms with Gasteiger partial charge in [0.15, 0.2) is 0 Å². The Labute approximate surface area is 187 Å². The van der Waals surface area contributed by atoms with Gasteiger partial charge < -0.3 is 10.1 Å². The molecule has 0 saturated heterocycles. The molecular formula is C23H19ClF2N2O2S. The van der Waals surface area contributed by atoms with Crippen molar-refractivity contribution in [2.45, 2.75) is 32.3 Å². The van der Waals surface area contributed by atoms with Gasteiger partial charge in [-0.1, -0.05) is 23.7 Å². The second-order valence-electron chi connectivity index (χ2n) is 7.03. The van der Waals surface area contributed by atoms with Crippen LogP contribution in [-0.2, 0) is 12.8 Å². The van der Waals surface area contributed by atoms with Gasteiger partial charge in [0, 0.05) is 27.4 Å². The Balaban J connectivity index is 1.67. The molecular weight excluding hydrogens is 442 g/mol. The number of hydrogen-bond acceptors (Lipinski definition) is 4. The van der Waals surface area contributed by atoms with Crippen LogP contribution >= 0.6 is 22.9 Å². The summed E-state index contributed by atoms with van der Waals surface area (Å²) in [4.78, 5) is 18.8. The van der Waals surface area contributed by atoms with E-state index in [0.717, 1.165) is 36.1 Å². The second kappa shape index (κ2) is 9.58. The topological polar surface area (TPSA) is 50.7 Å². The zero-order chi connectivity index (χ0) is 21.8. The number of rotatable bonds is 6. The maximum atomic E-state index is 13.1. The smallest absolute Gasteiger partial charge is 0.387 e. The summed E-state index contributed by atoms with van der Waals surface area (Å²) in [7, 11) is 0. The molecule has 0 aliphatic heterocycles. The molecule has 0 bridgehead atoms. The predicted octanol–water partition coefficient (Wildman–Crippen LogP) is 6.88. The third-order valence-corrected chi connectivity index (χ3v) is 6.39. The number of para-hydroxylation sites is 1. The summed E-state index contributed by atoms with van der Waals surface area (Å²) >= 11 is 7.40. The molecule has 8 heteroatoms. The van der Waals surface area contributed by atoms with Crippen LogP contribution in [0.1, 0.15) is 39.2 Å². The fourth-order valence-electron chi connectivity index (χ4n) is 3.52. The summed E-state index contributed by atoms with van der Waals surface area (Å²) in [6.45, 7) is -2.93. The van der Waals surface area contributed by atoms with Gasteiger partial charge in [-0.2, -0.15) is 8.78 Å². The van der Waals surface area contributed by atoms with Crippen molar-refractivity contribution in [1.29, 1.82) is 0 Å². The average Bonchev–Trinajstić information content (AvgIpc) is 3.13.